The van der Waals surface area contributed by atoms with Gasteiger partial charge in [0.25, 0.3) is 5.92 Å². The third-order valence-electron chi connectivity index (χ3n) is 2.78. The number of alkyl halides is 2. The van der Waals surface area contributed by atoms with Crippen molar-refractivity contribution in [2.75, 3.05) is 0 Å². The van der Waals surface area contributed by atoms with Crippen molar-refractivity contribution in [1.82, 2.24) is 0 Å². The Hall–Kier alpha value is -0.220. The van der Waals surface area contributed by atoms with Crippen molar-refractivity contribution >= 4 is 0 Å². The largest absolute Gasteiger partial charge is 0.387 e. The molecular formula is C12H24F2O2. The van der Waals surface area contributed by atoms with Gasteiger partial charge in [0.15, 0.2) is 0 Å². The van der Waals surface area contributed by atoms with E-state index in [2.05, 4.69) is 0 Å². The van der Waals surface area contributed by atoms with Crippen LogP contribution in [0.4, 0.5) is 8.78 Å². The molecule has 0 bridgehead atoms. The fourth-order valence-corrected chi connectivity index (χ4v) is 1.64. The van der Waals surface area contributed by atoms with Gasteiger partial charge in [-0.2, -0.15) is 0 Å². The molecule has 16 heavy (non-hydrogen) atoms. The minimum Gasteiger partial charge on any atom is -0.387 e. The van der Waals surface area contributed by atoms with Gasteiger partial charge < -0.3 is 10.2 Å². The molecule has 0 aliphatic carbocycles. The molecular weight excluding hydrogens is 214 g/mol. The molecule has 0 amide bonds. The lowest BCUT2D eigenvalue weighted by molar-refractivity contribution is -0.180. The van der Waals surface area contributed by atoms with Crippen molar-refractivity contribution in [2.24, 2.45) is 0 Å². The zero-order valence-corrected chi connectivity index (χ0v) is 10.3. The molecule has 0 heterocycles. The smallest absolute Gasteiger partial charge is 0.298 e. The van der Waals surface area contributed by atoms with Crippen LogP contribution in [0.3, 0.4) is 0 Å². The van der Waals surface area contributed by atoms with Crippen LogP contribution in [0, 0.1) is 0 Å². The molecule has 0 saturated carbocycles. The Kier molecular flexibility index (Phi) is 7.85. The molecule has 0 saturated heterocycles. The molecule has 0 unspecified atom stereocenters. The van der Waals surface area contributed by atoms with Crippen LogP contribution in [0.25, 0.3) is 0 Å². The predicted molar refractivity (Wildman–Crippen MR) is 60.6 cm³/mol. The number of hydrogen-bond acceptors (Lipinski definition) is 2. The molecule has 98 valence electrons. The summed E-state index contributed by atoms with van der Waals surface area (Å²) >= 11 is 0. The van der Waals surface area contributed by atoms with E-state index in [0.717, 1.165) is 19.3 Å². The van der Waals surface area contributed by atoms with Crippen molar-refractivity contribution in [3.63, 3.8) is 0 Å². The van der Waals surface area contributed by atoms with E-state index in [-0.39, 0.29) is 12.8 Å². The molecule has 0 fully saturated rings. The van der Waals surface area contributed by atoms with Gasteiger partial charge in [0.05, 0.1) is 0 Å². The first-order chi connectivity index (χ1) is 7.46. The maximum Gasteiger partial charge on any atom is 0.298 e. The molecule has 0 radical (unpaired) electrons. The molecule has 2 N–H and O–H groups in total. The molecule has 0 aliphatic rings. The van der Waals surface area contributed by atoms with Gasteiger partial charge in [-0.1, -0.05) is 46.0 Å². The maximum absolute atomic E-state index is 13.4. The van der Waals surface area contributed by atoms with E-state index >= 15 is 0 Å². The van der Waals surface area contributed by atoms with Gasteiger partial charge in [0.1, 0.15) is 12.2 Å². The molecule has 0 aromatic carbocycles. The maximum atomic E-state index is 13.4. The molecule has 0 aromatic rings. The summed E-state index contributed by atoms with van der Waals surface area (Å²) in [6.45, 7) is 3.77. The van der Waals surface area contributed by atoms with E-state index < -0.39 is 18.1 Å². The highest BCUT2D eigenvalue weighted by atomic mass is 19.3. The van der Waals surface area contributed by atoms with Crippen molar-refractivity contribution in [1.29, 1.82) is 0 Å². The molecule has 2 atom stereocenters. The van der Waals surface area contributed by atoms with Crippen LogP contribution in [-0.2, 0) is 0 Å². The lowest BCUT2D eigenvalue weighted by Gasteiger charge is -2.27. The molecule has 2 nitrogen and oxygen atoms in total. The summed E-state index contributed by atoms with van der Waals surface area (Å²) in [5, 5.41) is 18.6. The van der Waals surface area contributed by atoms with E-state index in [4.69, 9.17) is 0 Å². The topological polar surface area (TPSA) is 40.5 Å². The zero-order valence-electron chi connectivity index (χ0n) is 10.3. The Morgan fingerprint density at radius 2 is 1.44 bits per heavy atom. The SMILES string of the molecule is CCCCCC[C@@H](O)C(F)(F)[C@H](O)CCC. The molecule has 0 spiro atoms. The second-order valence-corrected chi connectivity index (χ2v) is 4.34. The third kappa shape index (κ3) is 5.21. The van der Waals surface area contributed by atoms with Crippen LogP contribution in [0.5, 0.6) is 0 Å². The van der Waals surface area contributed by atoms with Crippen molar-refractivity contribution in [3.05, 3.63) is 0 Å². The van der Waals surface area contributed by atoms with Crippen molar-refractivity contribution < 1.29 is 19.0 Å². The lowest BCUT2D eigenvalue weighted by Crippen LogP contribution is -2.44. The van der Waals surface area contributed by atoms with E-state index in [0.29, 0.717) is 12.8 Å². The summed E-state index contributed by atoms with van der Waals surface area (Å²) in [6.07, 6.45) is 0.605. The minimum atomic E-state index is -3.37. The fourth-order valence-electron chi connectivity index (χ4n) is 1.64. The van der Waals surface area contributed by atoms with Crippen LogP contribution < -0.4 is 0 Å². The molecule has 4 heteroatoms. The van der Waals surface area contributed by atoms with Gasteiger partial charge in [-0.3, -0.25) is 0 Å². The van der Waals surface area contributed by atoms with Gasteiger partial charge in [0, 0.05) is 0 Å². The normalized spacial score (nSPS) is 16.1. The molecule has 0 rings (SSSR count). The van der Waals surface area contributed by atoms with Gasteiger partial charge in [-0.25, -0.2) is 8.78 Å². The fraction of sp³-hybridized carbons (Fsp3) is 1.00. The summed E-state index contributed by atoms with van der Waals surface area (Å²) in [7, 11) is 0. The Balaban J connectivity index is 3.97. The average Bonchev–Trinajstić information content (AvgIpc) is 2.24. The summed E-state index contributed by atoms with van der Waals surface area (Å²) in [4.78, 5) is 0. The quantitative estimate of drug-likeness (QED) is 0.606. The monoisotopic (exact) mass is 238 g/mol. The first-order valence-corrected chi connectivity index (χ1v) is 6.20. The molecule has 0 aromatic heterocycles. The van der Waals surface area contributed by atoms with E-state index in [9.17, 15) is 19.0 Å². The highest BCUT2D eigenvalue weighted by Crippen LogP contribution is 2.29. The van der Waals surface area contributed by atoms with Crippen LogP contribution in [0.15, 0.2) is 0 Å². The van der Waals surface area contributed by atoms with Crippen molar-refractivity contribution in [2.45, 2.75) is 76.9 Å². The highest BCUT2D eigenvalue weighted by Gasteiger charge is 2.44. The number of halogens is 2. The number of aliphatic hydroxyl groups is 2. The summed E-state index contributed by atoms with van der Waals surface area (Å²) < 4.78 is 26.8. The first-order valence-electron chi connectivity index (χ1n) is 6.20. The second-order valence-electron chi connectivity index (χ2n) is 4.34. The van der Waals surface area contributed by atoms with Crippen LogP contribution >= 0.6 is 0 Å². The Morgan fingerprint density at radius 1 is 0.875 bits per heavy atom. The summed E-state index contributed by atoms with van der Waals surface area (Å²) in [6, 6.07) is 0. The Labute approximate surface area is 96.7 Å². The van der Waals surface area contributed by atoms with Gasteiger partial charge in [0.2, 0.25) is 0 Å². The summed E-state index contributed by atoms with van der Waals surface area (Å²) in [5.74, 6) is -3.37. The lowest BCUT2D eigenvalue weighted by atomic mass is 9.98. The van der Waals surface area contributed by atoms with Crippen LogP contribution in [-0.4, -0.2) is 28.3 Å². The molecule has 0 aliphatic heterocycles. The van der Waals surface area contributed by atoms with E-state index in [1.165, 1.54) is 0 Å². The van der Waals surface area contributed by atoms with Crippen LogP contribution in [0.1, 0.15) is 58.8 Å². The number of hydrogen-bond donors (Lipinski definition) is 2. The highest BCUT2D eigenvalue weighted by molar-refractivity contribution is 4.83. The Morgan fingerprint density at radius 3 is 1.94 bits per heavy atom. The minimum absolute atomic E-state index is 0.0268. The van der Waals surface area contributed by atoms with Gasteiger partial charge in [-0.05, 0) is 12.8 Å². The van der Waals surface area contributed by atoms with Gasteiger partial charge in [-0.15, -0.1) is 0 Å². The second kappa shape index (κ2) is 7.96. The Bertz CT molecular complexity index is 174. The number of rotatable bonds is 9. The van der Waals surface area contributed by atoms with Crippen LogP contribution in [0.2, 0.25) is 0 Å². The first kappa shape index (κ1) is 15.8. The number of aliphatic hydroxyl groups excluding tert-OH is 2. The number of unbranched alkanes of at least 4 members (excludes halogenated alkanes) is 3. The van der Waals surface area contributed by atoms with Crippen molar-refractivity contribution in [3.8, 4) is 0 Å². The standard InChI is InChI=1S/C12H24F2O2/c1-3-5-6-7-9-11(16)12(13,14)10(15)8-4-2/h10-11,15-16H,3-9H2,1-2H3/t10-,11-/m1/s1. The van der Waals surface area contributed by atoms with E-state index in [1.807, 2.05) is 6.92 Å². The van der Waals surface area contributed by atoms with Gasteiger partial charge >= 0.3 is 0 Å². The third-order valence-corrected chi connectivity index (χ3v) is 2.78. The zero-order chi connectivity index (χ0) is 12.6. The van der Waals surface area contributed by atoms with E-state index in [1.54, 1.807) is 6.92 Å². The predicted octanol–water partition coefficient (Wildman–Crippen LogP) is 3.11. The average molecular weight is 238 g/mol. The summed E-state index contributed by atoms with van der Waals surface area (Å²) in [5.41, 5.74) is 0.